The number of hydrogen-bond acceptors (Lipinski definition) is 5. The van der Waals surface area contributed by atoms with E-state index in [1.165, 1.54) is 16.4 Å². The molecule has 1 aromatic heterocycles. The van der Waals surface area contributed by atoms with Gasteiger partial charge in [0.05, 0.1) is 11.0 Å². The molecule has 1 aromatic rings. The number of aliphatic hydroxyl groups excluding tert-OH is 1. The molecule has 0 bridgehead atoms. The minimum atomic E-state index is -0.529. The molecule has 0 aliphatic rings. The molecule has 18 heavy (non-hydrogen) atoms. The molecule has 7 heteroatoms. The number of hydrogen-bond donors (Lipinski definition) is 1. The second kappa shape index (κ2) is 6.19. The van der Waals surface area contributed by atoms with E-state index in [-0.39, 0.29) is 15.9 Å². The van der Waals surface area contributed by atoms with Crippen LogP contribution in [0.5, 0.6) is 0 Å². The van der Waals surface area contributed by atoms with Crippen LogP contribution < -0.4 is 0 Å². The summed E-state index contributed by atoms with van der Waals surface area (Å²) in [5, 5.41) is 25.3. The normalized spacial score (nSPS) is 14.5. The van der Waals surface area contributed by atoms with Crippen molar-refractivity contribution < 1.29 is 10.0 Å². The lowest BCUT2D eigenvalue weighted by Gasteiger charge is -2.13. The van der Waals surface area contributed by atoms with Crippen LogP contribution in [0.15, 0.2) is 5.03 Å². The molecule has 0 saturated carbocycles. The highest BCUT2D eigenvalue weighted by Gasteiger charge is 2.28. The summed E-state index contributed by atoms with van der Waals surface area (Å²) in [5.41, 5.74) is 0.599. The quantitative estimate of drug-likeness (QED) is 0.488. The van der Waals surface area contributed by atoms with E-state index in [1.807, 2.05) is 13.8 Å². The van der Waals surface area contributed by atoms with Gasteiger partial charge < -0.3 is 5.11 Å². The predicted molar refractivity (Wildman–Crippen MR) is 70.9 cm³/mol. The minimum Gasteiger partial charge on any atom is -0.392 e. The Morgan fingerprint density at radius 2 is 2.17 bits per heavy atom. The van der Waals surface area contributed by atoms with Crippen molar-refractivity contribution in [1.82, 2.24) is 9.78 Å². The van der Waals surface area contributed by atoms with Crippen LogP contribution in [0, 0.1) is 10.1 Å². The van der Waals surface area contributed by atoms with Crippen LogP contribution in [0.4, 0.5) is 5.69 Å². The monoisotopic (exact) mass is 273 g/mol. The molecule has 0 fully saturated rings. The van der Waals surface area contributed by atoms with E-state index in [0.29, 0.717) is 17.1 Å². The van der Waals surface area contributed by atoms with E-state index in [2.05, 4.69) is 5.10 Å². The van der Waals surface area contributed by atoms with Gasteiger partial charge in [-0.1, -0.05) is 32.0 Å². The summed E-state index contributed by atoms with van der Waals surface area (Å²) in [7, 11) is 1.70. The van der Waals surface area contributed by atoms with Crippen molar-refractivity contribution in [3.8, 4) is 0 Å². The molecular weight excluding hydrogens is 254 g/mol. The smallest absolute Gasteiger partial charge is 0.323 e. The van der Waals surface area contributed by atoms with Crippen LogP contribution in [0.2, 0.25) is 0 Å². The van der Waals surface area contributed by atoms with E-state index < -0.39 is 6.10 Å². The zero-order valence-electron chi connectivity index (χ0n) is 11.1. The molecule has 102 valence electrons. The van der Waals surface area contributed by atoms with Gasteiger partial charge in [0.2, 0.25) is 0 Å². The van der Waals surface area contributed by atoms with Gasteiger partial charge in [-0.15, -0.1) is 0 Å². The minimum absolute atomic E-state index is 0.0804. The van der Waals surface area contributed by atoms with Gasteiger partial charge in [-0.2, -0.15) is 5.10 Å². The van der Waals surface area contributed by atoms with Crippen molar-refractivity contribution in [3.05, 3.63) is 15.8 Å². The van der Waals surface area contributed by atoms with Crippen LogP contribution in [-0.2, 0) is 13.5 Å². The van der Waals surface area contributed by atoms with Crippen molar-refractivity contribution in [2.75, 3.05) is 0 Å². The first-order valence-electron chi connectivity index (χ1n) is 5.93. The SMILES string of the molecule is CCCc1nn(C)c(SC(C)C(C)O)c1[N+](=O)[O-]. The number of rotatable bonds is 6. The molecule has 2 unspecified atom stereocenters. The maximum absolute atomic E-state index is 11.2. The highest BCUT2D eigenvalue weighted by molar-refractivity contribution is 8.00. The largest absolute Gasteiger partial charge is 0.392 e. The Balaban J connectivity index is 3.13. The Morgan fingerprint density at radius 1 is 1.56 bits per heavy atom. The van der Waals surface area contributed by atoms with Gasteiger partial charge >= 0.3 is 5.69 Å². The average Bonchev–Trinajstić information content (AvgIpc) is 2.55. The number of aliphatic hydroxyl groups is 1. The van der Waals surface area contributed by atoms with Crippen molar-refractivity contribution >= 4 is 17.4 Å². The molecular formula is C11H19N3O3S. The van der Waals surface area contributed by atoms with Crippen molar-refractivity contribution in [3.63, 3.8) is 0 Å². The predicted octanol–water partition coefficient (Wildman–Crippen LogP) is 2.14. The molecule has 0 radical (unpaired) electrons. The van der Waals surface area contributed by atoms with E-state index in [9.17, 15) is 15.2 Å². The van der Waals surface area contributed by atoms with Crippen LogP contribution in [0.1, 0.15) is 32.9 Å². The first kappa shape index (κ1) is 15.0. The average molecular weight is 273 g/mol. The van der Waals surface area contributed by atoms with Gasteiger partial charge in [0.1, 0.15) is 5.69 Å². The van der Waals surface area contributed by atoms with Gasteiger partial charge in [-0.05, 0) is 13.3 Å². The maximum atomic E-state index is 11.2. The maximum Gasteiger partial charge on any atom is 0.323 e. The third-order valence-electron chi connectivity index (χ3n) is 2.69. The molecule has 1 heterocycles. The Labute approximate surface area is 111 Å². The Morgan fingerprint density at radius 3 is 2.61 bits per heavy atom. The van der Waals surface area contributed by atoms with Gasteiger partial charge in [0, 0.05) is 12.3 Å². The van der Waals surface area contributed by atoms with Crippen molar-refractivity contribution in [1.29, 1.82) is 0 Å². The highest BCUT2D eigenvalue weighted by Crippen LogP contribution is 2.35. The number of nitrogens with zero attached hydrogens (tertiary/aromatic N) is 3. The number of aromatic nitrogens is 2. The standard InChI is InChI=1S/C11H19N3O3S/c1-5-6-9-10(14(16)17)11(13(4)12-9)18-8(3)7(2)15/h7-8,15H,5-6H2,1-4H3. The zero-order chi connectivity index (χ0) is 13.9. The molecule has 1 rings (SSSR count). The summed E-state index contributed by atoms with van der Waals surface area (Å²) >= 11 is 1.29. The summed E-state index contributed by atoms with van der Waals surface area (Å²) in [6, 6.07) is 0. The van der Waals surface area contributed by atoms with E-state index in [0.717, 1.165) is 6.42 Å². The fourth-order valence-electron chi connectivity index (χ4n) is 1.55. The summed E-state index contributed by atoms with van der Waals surface area (Å²) in [6.45, 7) is 5.47. The van der Waals surface area contributed by atoms with Gasteiger partial charge in [-0.3, -0.25) is 14.8 Å². The number of thioether (sulfide) groups is 1. The van der Waals surface area contributed by atoms with E-state index in [4.69, 9.17) is 0 Å². The summed E-state index contributed by atoms with van der Waals surface area (Å²) in [5.74, 6) is 0. The molecule has 6 nitrogen and oxygen atoms in total. The topological polar surface area (TPSA) is 81.2 Å². The van der Waals surface area contributed by atoms with Gasteiger partial charge in [-0.25, -0.2) is 0 Å². The Hall–Kier alpha value is -1.08. The van der Waals surface area contributed by atoms with Crippen LogP contribution in [0.3, 0.4) is 0 Å². The van der Waals surface area contributed by atoms with E-state index in [1.54, 1.807) is 14.0 Å². The molecule has 0 amide bonds. The fraction of sp³-hybridized carbons (Fsp3) is 0.727. The molecule has 0 aliphatic heterocycles. The second-order valence-electron chi connectivity index (χ2n) is 4.29. The number of aryl methyl sites for hydroxylation is 2. The van der Waals surface area contributed by atoms with Crippen LogP contribution in [0.25, 0.3) is 0 Å². The van der Waals surface area contributed by atoms with E-state index >= 15 is 0 Å². The summed E-state index contributed by atoms with van der Waals surface area (Å²) < 4.78 is 1.53. The molecule has 1 N–H and O–H groups in total. The molecule has 0 saturated heterocycles. The lowest BCUT2D eigenvalue weighted by Crippen LogP contribution is -2.15. The second-order valence-corrected chi connectivity index (χ2v) is 5.66. The van der Waals surface area contributed by atoms with Crippen LogP contribution >= 0.6 is 11.8 Å². The van der Waals surface area contributed by atoms with Gasteiger partial charge in [0.15, 0.2) is 5.03 Å². The van der Waals surface area contributed by atoms with Crippen molar-refractivity contribution in [2.45, 2.75) is 50.0 Å². The highest BCUT2D eigenvalue weighted by atomic mass is 32.2. The zero-order valence-corrected chi connectivity index (χ0v) is 11.9. The van der Waals surface area contributed by atoms with Crippen molar-refractivity contribution in [2.24, 2.45) is 7.05 Å². The third kappa shape index (κ3) is 3.23. The molecule has 0 spiro atoms. The number of nitro groups is 1. The fourth-order valence-corrected chi connectivity index (χ4v) is 2.59. The summed E-state index contributed by atoms with van der Waals surface area (Å²) in [6.07, 6.45) is 0.876. The Kier molecular flexibility index (Phi) is 5.15. The molecule has 0 aliphatic carbocycles. The lowest BCUT2D eigenvalue weighted by atomic mass is 10.2. The van der Waals surface area contributed by atoms with Gasteiger partial charge in [0.25, 0.3) is 0 Å². The summed E-state index contributed by atoms with van der Waals surface area (Å²) in [4.78, 5) is 10.8. The molecule has 0 aromatic carbocycles. The lowest BCUT2D eigenvalue weighted by molar-refractivity contribution is -0.388. The molecule has 2 atom stereocenters. The Bertz CT molecular complexity index is 431. The third-order valence-corrected chi connectivity index (χ3v) is 4.13. The first-order chi connectivity index (χ1) is 8.38. The van der Waals surface area contributed by atoms with Crippen LogP contribution in [-0.4, -0.2) is 31.2 Å². The first-order valence-corrected chi connectivity index (χ1v) is 6.81.